The Kier molecular flexibility index (Phi) is 5.86. The summed E-state index contributed by atoms with van der Waals surface area (Å²) in [5.74, 6) is 5.81. The van der Waals surface area contributed by atoms with E-state index >= 15 is 0 Å². The Balaban J connectivity index is 1.32. The first-order valence-electron chi connectivity index (χ1n) is 11.0. The minimum Gasteiger partial charge on any atom is -0.497 e. The smallest absolute Gasteiger partial charge is 0.227 e. The zero-order chi connectivity index (χ0) is 21.4. The second-order valence-electron chi connectivity index (χ2n) is 8.69. The number of benzene rings is 2. The highest BCUT2D eigenvalue weighted by Gasteiger charge is 2.57. The van der Waals surface area contributed by atoms with Crippen LogP contribution in [0.2, 0.25) is 0 Å². The Labute approximate surface area is 192 Å². The molecule has 2 atom stereocenters. The lowest BCUT2D eigenvalue weighted by Crippen LogP contribution is -2.41. The normalized spacial score (nSPS) is 26.1. The van der Waals surface area contributed by atoms with E-state index in [4.69, 9.17) is 9.47 Å². The van der Waals surface area contributed by atoms with Crippen LogP contribution in [0.3, 0.4) is 0 Å². The lowest BCUT2D eigenvalue weighted by Gasteiger charge is -2.42. The summed E-state index contributed by atoms with van der Waals surface area (Å²) in [4.78, 5) is 13.2. The first-order valence-corrected chi connectivity index (χ1v) is 13.0. The van der Waals surface area contributed by atoms with Gasteiger partial charge in [-0.3, -0.25) is 4.79 Å². The average molecular weight is 456 g/mol. The number of hydrogen-bond acceptors (Lipinski definition) is 5. The highest BCUT2D eigenvalue weighted by Crippen LogP contribution is 2.65. The second kappa shape index (κ2) is 8.62. The van der Waals surface area contributed by atoms with Crippen LogP contribution in [0.25, 0.3) is 11.1 Å². The predicted molar refractivity (Wildman–Crippen MR) is 130 cm³/mol. The Morgan fingerprint density at radius 3 is 2.26 bits per heavy atom. The summed E-state index contributed by atoms with van der Waals surface area (Å²) in [5, 5.41) is 3.21. The maximum atomic E-state index is 13.2. The molecule has 5 rings (SSSR count). The predicted octanol–water partition coefficient (Wildman–Crippen LogP) is 5.92. The fourth-order valence-electron chi connectivity index (χ4n) is 5.64. The molecule has 1 aliphatic heterocycles. The molecule has 4 nitrogen and oxygen atoms in total. The third-order valence-electron chi connectivity index (χ3n) is 7.12. The molecule has 164 valence electrons. The third-order valence-corrected chi connectivity index (χ3v) is 11.1. The van der Waals surface area contributed by atoms with E-state index in [1.807, 2.05) is 42.5 Å². The maximum Gasteiger partial charge on any atom is 0.227 e. The van der Waals surface area contributed by atoms with Crippen molar-refractivity contribution in [2.75, 3.05) is 31.0 Å². The first-order chi connectivity index (χ1) is 15.1. The average Bonchev–Trinajstić information content (AvgIpc) is 3.34. The molecule has 6 heteroatoms. The number of rotatable bonds is 5. The number of carbonyl (C=O) groups is 1. The number of thioether (sulfide) groups is 2. The molecule has 1 saturated heterocycles. The Morgan fingerprint density at radius 2 is 1.65 bits per heavy atom. The van der Waals surface area contributed by atoms with Gasteiger partial charge in [-0.15, -0.1) is 23.5 Å². The van der Waals surface area contributed by atoms with Crippen LogP contribution >= 0.6 is 23.5 Å². The van der Waals surface area contributed by atoms with Gasteiger partial charge in [0.1, 0.15) is 11.5 Å². The van der Waals surface area contributed by atoms with Crippen LogP contribution in [0.1, 0.15) is 25.7 Å². The quantitative estimate of drug-likeness (QED) is 0.606. The molecular weight excluding hydrogens is 426 g/mol. The van der Waals surface area contributed by atoms with Crippen molar-refractivity contribution < 1.29 is 14.3 Å². The van der Waals surface area contributed by atoms with Gasteiger partial charge in [0.05, 0.1) is 18.3 Å². The van der Waals surface area contributed by atoms with Crippen molar-refractivity contribution in [3.63, 3.8) is 0 Å². The van der Waals surface area contributed by atoms with Crippen LogP contribution in [0.5, 0.6) is 11.5 Å². The van der Waals surface area contributed by atoms with Crippen LogP contribution in [0.15, 0.2) is 42.5 Å². The summed E-state index contributed by atoms with van der Waals surface area (Å²) in [6.07, 6.45) is 4.64. The molecule has 2 saturated carbocycles. The van der Waals surface area contributed by atoms with E-state index in [1.165, 1.54) is 24.3 Å². The number of carbonyl (C=O) groups excluding carboxylic acids is 1. The standard InChI is InChI=1S/C25H29NO3S2/c1-28-21-8-3-16(4-9-21)22-15-20(7-10-23(22)29-2)26-24(27)17-13-18-5-6-19(14-17)25(18)30-11-12-31-25/h3-4,7-10,15,17-19H,5-6,11-14H2,1-2H3,(H,26,27). The van der Waals surface area contributed by atoms with Gasteiger partial charge in [0.25, 0.3) is 0 Å². The second-order valence-corrected chi connectivity index (χ2v) is 11.7. The molecule has 2 bridgehead atoms. The van der Waals surface area contributed by atoms with Gasteiger partial charge in [0, 0.05) is 28.7 Å². The van der Waals surface area contributed by atoms with Crippen molar-refractivity contribution in [1.82, 2.24) is 0 Å². The number of nitrogens with one attached hydrogen (secondary N) is 1. The summed E-state index contributed by atoms with van der Waals surface area (Å²) >= 11 is 4.35. The van der Waals surface area contributed by atoms with Gasteiger partial charge in [0.15, 0.2) is 0 Å². The summed E-state index contributed by atoms with van der Waals surface area (Å²) in [5.41, 5.74) is 2.82. The Morgan fingerprint density at radius 1 is 0.968 bits per heavy atom. The molecule has 1 N–H and O–H groups in total. The van der Waals surface area contributed by atoms with Crippen molar-refractivity contribution in [3.8, 4) is 22.6 Å². The summed E-state index contributed by atoms with van der Waals surface area (Å²) < 4.78 is 11.3. The molecule has 3 aliphatic rings. The van der Waals surface area contributed by atoms with E-state index < -0.39 is 0 Å². The van der Waals surface area contributed by atoms with E-state index in [1.54, 1.807) is 14.2 Å². The number of methoxy groups -OCH3 is 2. The molecule has 2 aromatic carbocycles. The number of hydrogen-bond donors (Lipinski definition) is 1. The molecule has 3 fully saturated rings. The fourth-order valence-corrected chi connectivity index (χ4v) is 9.58. The maximum absolute atomic E-state index is 13.2. The fraction of sp³-hybridized carbons (Fsp3) is 0.480. The van der Waals surface area contributed by atoms with Gasteiger partial charge >= 0.3 is 0 Å². The zero-order valence-corrected chi connectivity index (χ0v) is 19.7. The van der Waals surface area contributed by atoms with Crippen LogP contribution in [-0.2, 0) is 4.79 Å². The highest BCUT2D eigenvalue weighted by atomic mass is 32.2. The summed E-state index contributed by atoms with van der Waals surface area (Å²) in [6.45, 7) is 0. The number of amides is 1. The highest BCUT2D eigenvalue weighted by molar-refractivity contribution is 8.21. The molecule has 2 unspecified atom stereocenters. The van der Waals surface area contributed by atoms with Crippen molar-refractivity contribution in [1.29, 1.82) is 0 Å². The van der Waals surface area contributed by atoms with Crippen LogP contribution in [-0.4, -0.2) is 35.7 Å². The van der Waals surface area contributed by atoms with Gasteiger partial charge in [-0.25, -0.2) is 0 Å². The minimum absolute atomic E-state index is 0.122. The van der Waals surface area contributed by atoms with Crippen LogP contribution < -0.4 is 14.8 Å². The van der Waals surface area contributed by atoms with Gasteiger partial charge in [0.2, 0.25) is 5.91 Å². The van der Waals surface area contributed by atoms with E-state index in [-0.39, 0.29) is 11.8 Å². The van der Waals surface area contributed by atoms with Crippen molar-refractivity contribution in [2.45, 2.75) is 29.8 Å². The zero-order valence-electron chi connectivity index (χ0n) is 18.1. The van der Waals surface area contributed by atoms with Gasteiger partial charge in [-0.05, 0) is 73.4 Å². The molecule has 1 amide bonds. The van der Waals surface area contributed by atoms with Crippen LogP contribution in [0.4, 0.5) is 5.69 Å². The number of ether oxygens (including phenoxy) is 2. The van der Waals surface area contributed by atoms with Gasteiger partial charge < -0.3 is 14.8 Å². The molecular formula is C25H29NO3S2. The minimum atomic E-state index is 0.122. The van der Waals surface area contributed by atoms with Gasteiger partial charge in [-0.2, -0.15) is 0 Å². The molecule has 2 aliphatic carbocycles. The van der Waals surface area contributed by atoms with E-state index in [0.717, 1.165) is 41.2 Å². The molecule has 1 spiro atoms. The van der Waals surface area contributed by atoms with Crippen molar-refractivity contribution in [2.24, 2.45) is 17.8 Å². The van der Waals surface area contributed by atoms with Crippen molar-refractivity contribution >= 4 is 35.1 Å². The van der Waals surface area contributed by atoms with E-state index in [2.05, 4.69) is 28.8 Å². The summed E-state index contributed by atoms with van der Waals surface area (Å²) in [6, 6.07) is 13.8. The topological polar surface area (TPSA) is 47.6 Å². The lowest BCUT2D eigenvalue weighted by molar-refractivity contribution is -0.121. The molecule has 31 heavy (non-hydrogen) atoms. The molecule has 1 heterocycles. The first kappa shape index (κ1) is 21.1. The summed E-state index contributed by atoms with van der Waals surface area (Å²) in [7, 11) is 3.34. The van der Waals surface area contributed by atoms with E-state index in [0.29, 0.717) is 15.9 Å². The Bertz CT molecular complexity index is 940. The van der Waals surface area contributed by atoms with Crippen molar-refractivity contribution in [3.05, 3.63) is 42.5 Å². The monoisotopic (exact) mass is 455 g/mol. The molecule has 0 aromatic heterocycles. The van der Waals surface area contributed by atoms with Gasteiger partial charge in [-0.1, -0.05) is 12.1 Å². The molecule has 0 radical (unpaired) electrons. The SMILES string of the molecule is COc1ccc(-c2cc(NC(=O)C3CC4CCC(C3)C43SCCS3)ccc2OC)cc1. The largest absolute Gasteiger partial charge is 0.497 e. The van der Waals surface area contributed by atoms with E-state index in [9.17, 15) is 4.79 Å². The Hall–Kier alpha value is -1.79. The third kappa shape index (κ3) is 3.82. The number of anilines is 1. The lowest BCUT2D eigenvalue weighted by atomic mass is 9.79. The van der Waals surface area contributed by atoms with Crippen LogP contribution in [0, 0.1) is 17.8 Å². The molecule has 2 aromatic rings.